The van der Waals surface area contributed by atoms with Crippen LogP contribution in [0.5, 0.6) is 5.75 Å². The molecule has 0 saturated heterocycles. The van der Waals surface area contributed by atoms with Gasteiger partial charge in [-0.1, -0.05) is 37.9 Å². The fourth-order valence-corrected chi connectivity index (χ4v) is 2.97. The van der Waals surface area contributed by atoms with E-state index in [1.807, 2.05) is 12.1 Å². The molecule has 0 atom stereocenters. The Morgan fingerprint density at radius 3 is 2.65 bits per heavy atom. The van der Waals surface area contributed by atoms with Crippen LogP contribution in [0.15, 0.2) is 40.3 Å². The first-order chi connectivity index (χ1) is 12.6. The second-order valence-electron chi connectivity index (χ2n) is 5.73. The minimum Gasteiger partial charge on any atom is -0.497 e. The first-order valence-corrected chi connectivity index (χ1v) is 9.65. The maximum absolute atomic E-state index is 11.9. The van der Waals surface area contributed by atoms with E-state index >= 15 is 0 Å². The smallest absolute Gasteiger partial charge is 0.316 e. The highest BCUT2D eigenvalue weighted by Crippen LogP contribution is 2.21. The van der Waals surface area contributed by atoms with Crippen LogP contribution in [-0.4, -0.2) is 35.4 Å². The Hall–Kier alpha value is -2.28. The number of benzene rings is 1. The van der Waals surface area contributed by atoms with Gasteiger partial charge in [0, 0.05) is 11.6 Å². The summed E-state index contributed by atoms with van der Waals surface area (Å²) in [6.07, 6.45) is 4.24. The van der Waals surface area contributed by atoms with E-state index in [-0.39, 0.29) is 17.3 Å². The number of thioether (sulfide) groups is 1. The number of aromatic amines is 1. The van der Waals surface area contributed by atoms with Gasteiger partial charge in [-0.2, -0.15) is 0 Å². The first-order valence-electron chi connectivity index (χ1n) is 8.66. The van der Waals surface area contributed by atoms with E-state index < -0.39 is 0 Å². The summed E-state index contributed by atoms with van der Waals surface area (Å²) in [5, 5.41) is 0.395. The lowest BCUT2D eigenvalue weighted by atomic mass is 10.1. The van der Waals surface area contributed by atoms with Gasteiger partial charge >= 0.3 is 5.97 Å². The van der Waals surface area contributed by atoms with E-state index in [0.29, 0.717) is 17.5 Å². The molecule has 1 aromatic carbocycles. The summed E-state index contributed by atoms with van der Waals surface area (Å²) in [5.41, 5.74) is 1.09. The number of carbonyl (C=O) groups is 1. The third-order valence-corrected chi connectivity index (χ3v) is 4.54. The van der Waals surface area contributed by atoms with Gasteiger partial charge in [-0.15, -0.1) is 0 Å². The van der Waals surface area contributed by atoms with Crippen LogP contribution in [-0.2, 0) is 9.53 Å². The molecule has 1 heterocycles. The molecule has 26 heavy (non-hydrogen) atoms. The van der Waals surface area contributed by atoms with Crippen LogP contribution in [0.25, 0.3) is 11.3 Å². The topological polar surface area (TPSA) is 81.3 Å². The Morgan fingerprint density at radius 1 is 1.19 bits per heavy atom. The SMILES string of the molecule is CCCCCCOC(=O)CSc1nc(-c2ccc(OC)cc2)cc(=O)[nH]1. The predicted molar refractivity (Wildman–Crippen MR) is 103 cm³/mol. The van der Waals surface area contributed by atoms with Gasteiger partial charge < -0.3 is 14.5 Å². The van der Waals surface area contributed by atoms with Crippen molar-refractivity contribution in [2.45, 2.75) is 37.8 Å². The van der Waals surface area contributed by atoms with E-state index in [0.717, 1.165) is 48.8 Å². The van der Waals surface area contributed by atoms with Crippen LogP contribution < -0.4 is 10.3 Å². The van der Waals surface area contributed by atoms with E-state index in [1.165, 1.54) is 6.07 Å². The molecule has 0 aliphatic rings. The van der Waals surface area contributed by atoms with Crippen molar-refractivity contribution < 1.29 is 14.3 Å². The molecule has 140 valence electrons. The number of methoxy groups -OCH3 is 1. The number of aromatic nitrogens is 2. The van der Waals surface area contributed by atoms with Crippen LogP contribution in [0.1, 0.15) is 32.6 Å². The highest BCUT2D eigenvalue weighted by Gasteiger charge is 2.09. The van der Waals surface area contributed by atoms with Gasteiger partial charge in [0.05, 0.1) is 25.2 Å². The van der Waals surface area contributed by atoms with Crippen molar-refractivity contribution in [3.05, 3.63) is 40.7 Å². The van der Waals surface area contributed by atoms with Crippen LogP contribution in [0, 0.1) is 0 Å². The highest BCUT2D eigenvalue weighted by molar-refractivity contribution is 7.99. The van der Waals surface area contributed by atoms with Gasteiger partial charge in [0.1, 0.15) is 5.75 Å². The summed E-state index contributed by atoms with van der Waals surface area (Å²) < 4.78 is 10.3. The Balaban J connectivity index is 1.92. The number of nitrogens with one attached hydrogen (secondary N) is 1. The molecule has 2 rings (SSSR count). The molecule has 0 spiro atoms. The molecule has 6 nitrogen and oxygen atoms in total. The minimum atomic E-state index is -0.302. The van der Waals surface area contributed by atoms with Crippen LogP contribution in [0.3, 0.4) is 0 Å². The molecule has 1 aromatic heterocycles. The van der Waals surface area contributed by atoms with E-state index in [4.69, 9.17) is 9.47 Å². The molecule has 0 fully saturated rings. The standard InChI is InChI=1S/C19H24N2O4S/c1-3-4-5-6-11-25-18(23)13-26-19-20-16(12-17(22)21-19)14-7-9-15(24-2)10-8-14/h7-10,12H,3-6,11,13H2,1-2H3,(H,20,21,22). The van der Waals surface area contributed by atoms with Gasteiger partial charge in [0.25, 0.3) is 5.56 Å². The number of carbonyl (C=O) groups excluding carboxylic acids is 1. The van der Waals surface area contributed by atoms with Crippen molar-refractivity contribution in [2.75, 3.05) is 19.5 Å². The number of rotatable bonds is 10. The molecule has 0 aliphatic carbocycles. The fraction of sp³-hybridized carbons (Fsp3) is 0.421. The zero-order valence-corrected chi connectivity index (χ0v) is 15.9. The van der Waals surface area contributed by atoms with Crippen molar-refractivity contribution in [1.29, 1.82) is 0 Å². The zero-order chi connectivity index (χ0) is 18.8. The number of esters is 1. The maximum Gasteiger partial charge on any atom is 0.316 e. The summed E-state index contributed by atoms with van der Waals surface area (Å²) in [7, 11) is 1.60. The Morgan fingerprint density at radius 2 is 1.96 bits per heavy atom. The average molecular weight is 376 g/mol. The molecular formula is C19H24N2O4S. The Bertz CT molecular complexity index is 759. The first kappa shape index (κ1) is 20.0. The third-order valence-electron chi connectivity index (χ3n) is 3.69. The van der Waals surface area contributed by atoms with Crippen LogP contribution in [0.2, 0.25) is 0 Å². The van der Waals surface area contributed by atoms with Crippen molar-refractivity contribution in [2.24, 2.45) is 0 Å². The van der Waals surface area contributed by atoms with Gasteiger partial charge in [-0.3, -0.25) is 9.59 Å². The summed E-state index contributed by atoms with van der Waals surface area (Å²) >= 11 is 1.16. The number of nitrogens with zero attached hydrogens (tertiary/aromatic N) is 1. The van der Waals surface area contributed by atoms with Gasteiger partial charge in [0.2, 0.25) is 0 Å². The molecule has 0 aliphatic heterocycles. The molecule has 2 aromatic rings. The second-order valence-corrected chi connectivity index (χ2v) is 6.70. The van der Waals surface area contributed by atoms with Crippen molar-refractivity contribution in [1.82, 2.24) is 9.97 Å². The molecule has 0 radical (unpaired) electrons. The monoisotopic (exact) mass is 376 g/mol. The van der Waals surface area contributed by atoms with Crippen LogP contribution >= 0.6 is 11.8 Å². The summed E-state index contributed by atoms with van der Waals surface area (Å²) in [6.45, 7) is 2.58. The number of hydrogen-bond donors (Lipinski definition) is 1. The second kappa shape index (κ2) is 10.7. The van der Waals surface area contributed by atoms with Crippen LogP contribution in [0.4, 0.5) is 0 Å². The number of unbranched alkanes of at least 4 members (excludes halogenated alkanes) is 3. The van der Waals surface area contributed by atoms with Crippen molar-refractivity contribution in [3.63, 3.8) is 0 Å². The third kappa shape index (κ3) is 6.55. The molecule has 0 unspecified atom stereocenters. The lowest BCUT2D eigenvalue weighted by molar-refractivity contribution is -0.140. The average Bonchev–Trinajstić information content (AvgIpc) is 2.66. The molecule has 7 heteroatoms. The fourth-order valence-electron chi connectivity index (χ4n) is 2.30. The number of ether oxygens (including phenoxy) is 2. The van der Waals surface area contributed by atoms with Crippen molar-refractivity contribution in [3.8, 4) is 17.0 Å². The Labute approximate surface area is 157 Å². The van der Waals surface area contributed by atoms with E-state index in [1.54, 1.807) is 19.2 Å². The summed E-state index contributed by atoms with van der Waals surface area (Å²) in [6, 6.07) is 8.71. The molecular weight excluding hydrogens is 352 g/mol. The molecule has 0 amide bonds. The predicted octanol–water partition coefficient (Wildman–Crippen LogP) is 3.66. The minimum absolute atomic E-state index is 0.114. The quantitative estimate of drug-likeness (QED) is 0.295. The van der Waals surface area contributed by atoms with Gasteiger partial charge in [-0.25, -0.2) is 4.98 Å². The number of H-pyrrole nitrogens is 1. The maximum atomic E-state index is 11.9. The Kier molecular flexibility index (Phi) is 8.21. The molecule has 1 N–H and O–H groups in total. The van der Waals surface area contributed by atoms with E-state index in [9.17, 15) is 9.59 Å². The lowest BCUT2D eigenvalue weighted by Gasteiger charge is -2.06. The highest BCUT2D eigenvalue weighted by atomic mass is 32.2. The van der Waals surface area contributed by atoms with Crippen molar-refractivity contribution >= 4 is 17.7 Å². The van der Waals surface area contributed by atoms with E-state index in [2.05, 4.69) is 16.9 Å². The molecule has 0 saturated carbocycles. The normalized spacial score (nSPS) is 10.5. The van der Waals surface area contributed by atoms with Gasteiger partial charge in [-0.05, 0) is 30.7 Å². The van der Waals surface area contributed by atoms with Gasteiger partial charge in [0.15, 0.2) is 5.16 Å². The molecule has 0 bridgehead atoms. The summed E-state index contributed by atoms with van der Waals surface area (Å²) in [4.78, 5) is 30.7. The number of hydrogen-bond acceptors (Lipinski definition) is 6. The summed E-state index contributed by atoms with van der Waals surface area (Å²) in [5.74, 6) is 0.543. The lowest BCUT2D eigenvalue weighted by Crippen LogP contribution is -2.11. The largest absolute Gasteiger partial charge is 0.497 e. The zero-order valence-electron chi connectivity index (χ0n) is 15.1.